The zero-order valence-electron chi connectivity index (χ0n) is 18.0. The van der Waals surface area contributed by atoms with Crippen LogP contribution in [0, 0.1) is 5.92 Å². The fourth-order valence-corrected chi connectivity index (χ4v) is 3.43. The summed E-state index contributed by atoms with van der Waals surface area (Å²) in [7, 11) is 0. The molecule has 2 amide bonds. The molecule has 2 atom stereocenters. The van der Waals surface area contributed by atoms with Crippen LogP contribution in [0.25, 0.3) is 11.3 Å². The summed E-state index contributed by atoms with van der Waals surface area (Å²) >= 11 is 0. The second-order valence-corrected chi connectivity index (χ2v) is 8.62. The number of halogens is 2. The van der Waals surface area contributed by atoms with Gasteiger partial charge in [0.05, 0.1) is 29.3 Å². The van der Waals surface area contributed by atoms with Crippen molar-refractivity contribution < 1.29 is 23.1 Å². The molecule has 2 bridgehead atoms. The Balaban J connectivity index is 2.04. The fourth-order valence-electron chi connectivity index (χ4n) is 3.43. The highest BCUT2D eigenvalue weighted by molar-refractivity contribution is 5.95. The Hall–Kier alpha value is -3.04. The molecule has 1 aliphatic rings. The van der Waals surface area contributed by atoms with Gasteiger partial charge in [0.2, 0.25) is 5.91 Å². The zero-order valence-corrected chi connectivity index (χ0v) is 18.0. The molecule has 0 saturated heterocycles. The predicted molar refractivity (Wildman–Crippen MR) is 110 cm³/mol. The second-order valence-electron chi connectivity index (χ2n) is 8.62. The van der Waals surface area contributed by atoms with E-state index in [2.05, 4.69) is 20.7 Å². The van der Waals surface area contributed by atoms with E-state index in [9.17, 15) is 18.4 Å². The third-order valence-corrected chi connectivity index (χ3v) is 4.92. The lowest BCUT2D eigenvalue weighted by Gasteiger charge is -2.24. The third-order valence-electron chi connectivity index (χ3n) is 4.92. The SMILES string of the molecule is C[C@H]1CCC[C@@H](NC(=O)OC(C)(C)C)c2cc(ccn2)-c2c(cnn2C(F)F)NC1=O. The van der Waals surface area contributed by atoms with Gasteiger partial charge in [0.25, 0.3) is 0 Å². The van der Waals surface area contributed by atoms with Crippen LogP contribution >= 0.6 is 0 Å². The van der Waals surface area contributed by atoms with Gasteiger partial charge < -0.3 is 15.4 Å². The number of nitrogens with zero attached hydrogens (tertiary/aromatic N) is 3. The molecule has 0 fully saturated rings. The number of alkyl carbamates (subject to hydrolysis) is 1. The highest BCUT2D eigenvalue weighted by atomic mass is 19.3. The molecule has 3 rings (SSSR count). The van der Waals surface area contributed by atoms with Gasteiger partial charge in [0.15, 0.2) is 0 Å². The monoisotopic (exact) mass is 435 g/mol. The third kappa shape index (κ3) is 5.56. The predicted octanol–water partition coefficient (Wildman–Crippen LogP) is 4.66. The minimum Gasteiger partial charge on any atom is -0.444 e. The van der Waals surface area contributed by atoms with Crippen molar-refractivity contribution in [3.8, 4) is 11.3 Å². The molecule has 0 spiro atoms. The molecule has 0 aromatic carbocycles. The maximum Gasteiger partial charge on any atom is 0.408 e. The van der Waals surface area contributed by atoms with Crippen molar-refractivity contribution in [3.63, 3.8) is 0 Å². The number of aromatic nitrogens is 3. The van der Waals surface area contributed by atoms with Crippen LogP contribution < -0.4 is 10.6 Å². The van der Waals surface area contributed by atoms with E-state index in [0.717, 1.165) is 0 Å². The van der Waals surface area contributed by atoms with Crippen LogP contribution in [0.15, 0.2) is 24.5 Å². The summed E-state index contributed by atoms with van der Waals surface area (Å²) in [5.74, 6) is -0.628. The van der Waals surface area contributed by atoms with E-state index in [4.69, 9.17) is 4.74 Å². The zero-order chi connectivity index (χ0) is 22.8. The van der Waals surface area contributed by atoms with E-state index in [-0.39, 0.29) is 23.2 Å². The number of amides is 2. The average Bonchev–Trinajstić information content (AvgIpc) is 3.08. The van der Waals surface area contributed by atoms with E-state index < -0.39 is 24.3 Å². The number of hydrogen-bond acceptors (Lipinski definition) is 5. The summed E-state index contributed by atoms with van der Waals surface area (Å²) in [5, 5.41) is 9.29. The lowest BCUT2D eigenvalue weighted by molar-refractivity contribution is -0.119. The molecule has 10 heteroatoms. The van der Waals surface area contributed by atoms with E-state index in [1.165, 1.54) is 12.4 Å². The summed E-state index contributed by atoms with van der Waals surface area (Å²) in [5.41, 5.74) is 0.524. The molecule has 0 saturated carbocycles. The molecule has 2 N–H and O–H groups in total. The standard InChI is InChI=1S/C21H27F2N5O3/c1-12-6-5-7-14(27-20(30)31-21(2,3)4)15-10-13(8-9-24-15)17-16(26-18(12)29)11-25-28(17)19(22)23/h8-12,14,19H,5-7H2,1-4H3,(H,26,29)(H,27,30)/t12-,14+/m0/s1. The first-order chi connectivity index (χ1) is 14.5. The quantitative estimate of drug-likeness (QED) is 0.715. The maximum absolute atomic E-state index is 13.6. The Bertz CT molecular complexity index is 955. The van der Waals surface area contributed by atoms with Crippen LogP contribution in [-0.4, -0.2) is 32.4 Å². The normalized spacial score (nSPS) is 19.6. The number of fused-ring (bicyclic) bond motifs is 4. The van der Waals surface area contributed by atoms with Gasteiger partial charge in [-0.05, 0) is 45.7 Å². The van der Waals surface area contributed by atoms with Crippen LogP contribution in [0.2, 0.25) is 0 Å². The maximum atomic E-state index is 13.6. The minimum atomic E-state index is -2.89. The van der Waals surface area contributed by atoms with Crippen LogP contribution in [0.1, 0.15) is 65.2 Å². The molecular formula is C21H27F2N5O3. The Morgan fingerprint density at radius 3 is 2.77 bits per heavy atom. The Morgan fingerprint density at radius 1 is 1.35 bits per heavy atom. The molecular weight excluding hydrogens is 408 g/mol. The number of carbonyl (C=O) groups is 2. The lowest BCUT2D eigenvalue weighted by atomic mass is 9.97. The average molecular weight is 435 g/mol. The molecule has 2 aromatic heterocycles. The number of rotatable bonds is 2. The summed E-state index contributed by atoms with van der Waals surface area (Å²) in [6.07, 6.45) is 3.81. The molecule has 0 radical (unpaired) electrons. The van der Waals surface area contributed by atoms with E-state index in [1.807, 2.05) is 0 Å². The van der Waals surface area contributed by atoms with Crippen molar-refractivity contribution in [2.75, 3.05) is 5.32 Å². The number of anilines is 1. The van der Waals surface area contributed by atoms with Crippen molar-refractivity contribution in [2.24, 2.45) is 5.92 Å². The molecule has 1 aliphatic heterocycles. The molecule has 31 heavy (non-hydrogen) atoms. The van der Waals surface area contributed by atoms with Gasteiger partial charge >= 0.3 is 12.6 Å². The summed E-state index contributed by atoms with van der Waals surface area (Å²) in [4.78, 5) is 29.3. The topological polar surface area (TPSA) is 98.1 Å². The Labute approximate surface area is 179 Å². The molecule has 3 heterocycles. The van der Waals surface area contributed by atoms with Gasteiger partial charge in [-0.2, -0.15) is 13.9 Å². The van der Waals surface area contributed by atoms with Crippen LogP contribution in [-0.2, 0) is 9.53 Å². The van der Waals surface area contributed by atoms with Gasteiger partial charge in [-0.15, -0.1) is 0 Å². The van der Waals surface area contributed by atoms with Crippen LogP contribution in [0.3, 0.4) is 0 Å². The van der Waals surface area contributed by atoms with E-state index in [1.54, 1.807) is 39.8 Å². The first kappa shape index (κ1) is 22.6. The summed E-state index contributed by atoms with van der Waals surface area (Å²) < 4.78 is 33.1. The van der Waals surface area contributed by atoms with Gasteiger partial charge in [-0.3, -0.25) is 9.78 Å². The van der Waals surface area contributed by atoms with Crippen molar-refractivity contribution in [1.29, 1.82) is 0 Å². The van der Waals surface area contributed by atoms with Gasteiger partial charge in [-0.1, -0.05) is 13.3 Å². The fraction of sp³-hybridized carbons (Fsp3) is 0.524. The van der Waals surface area contributed by atoms with E-state index in [0.29, 0.717) is 35.2 Å². The number of ether oxygens (including phenoxy) is 1. The molecule has 2 aromatic rings. The summed E-state index contributed by atoms with van der Waals surface area (Å²) in [6, 6.07) is 2.68. The minimum absolute atomic E-state index is 0.0794. The number of carbonyl (C=O) groups excluding carboxylic acids is 2. The van der Waals surface area contributed by atoms with Crippen molar-refractivity contribution in [2.45, 2.75) is 65.1 Å². The van der Waals surface area contributed by atoms with E-state index >= 15 is 0 Å². The van der Waals surface area contributed by atoms with Crippen molar-refractivity contribution in [1.82, 2.24) is 20.1 Å². The second kappa shape index (κ2) is 8.99. The Morgan fingerprint density at radius 2 is 2.10 bits per heavy atom. The van der Waals surface area contributed by atoms with Gasteiger partial charge in [-0.25, -0.2) is 9.48 Å². The molecule has 8 nitrogen and oxygen atoms in total. The van der Waals surface area contributed by atoms with Gasteiger partial charge in [0, 0.05) is 17.7 Å². The highest BCUT2D eigenvalue weighted by Gasteiger charge is 2.26. The van der Waals surface area contributed by atoms with Crippen LogP contribution in [0.5, 0.6) is 0 Å². The number of pyridine rings is 1. The lowest BCUT2D eigenvalue weighted by Crippen LogP contribution is -2.35. The number of nitrogens with one attached hydrogen (secondary N) is 2. The highest BCUT2D eigenvalue weighted by Crippen LogP contribution is 2.34. The smallest absolute Gasteiger partial charge is 0.408 e. The van der Waals surface area contributed by atoms with Crippen LogP contribution in [0.4, 0.5) is 19.3 Å². The Kier molecular flexibility index (Phi) is 6.56. The first-order valence-corrected chi connectivity index (χ1v) is 10.2. The molecule has 0 unspecified atom stereocenters. The number of hydrogen-bond donors (Lipinski definition) is 2. The first-order valence-electron chi connectivity index (χ1n) is 10.2. The van der Waals surface area contributed by atoms with Crippen molar-refractivity contribution in [3.05, 3.63) is 30.2 Å². The largest absolute Gasteiger partial charge is 0.444 e. The van der Waals surface area contributed by atoms with Crippen molar-refractivity contribution >= 4 is 17.7 Å². The molecule has 168 valence electrons. The summed E-state index contributed by atoms with van der Waals surface area (Å²) in [6.45, 7) is 4.17. The number of alkyl halides is 2. The molecule has 0 aliphatic carbocycles. The van der Waals surface area contributed by atoms with Gasteiger partial charge in [0.1, 0.15) is 5.60 Å².